The lowest BCUT2D eigenvalue weighted by Crippen LogP contribution is -2.35. The number of esters is 1. The van der Waals surface area contributed by atoms with Gasteiger partial charge in [0, 0.05) is 12.6 Å². The molecular formula is C29H34BrNO5. The minimum Gasteiger partial charge on any atom is -0.481 e. The Morgan fingerprint density at radius 1 is 1.08 bits per heavy atom. The topological polar surface area (TPSA) is 69.0 Å². The summed E-state index contributed by atoms with van der Waals surface area (Å²) in [5, 5.41) is 0.651. The standard InChI is InChI=1S/C29H34BrNO5/c1-29(2,3)36-28(33)19-35-27-18-22(4-6-24(27)30)16-21-9-13-31(14-10-21)12-8-20-5-7-26-23(17-20)25(32)11-15-34-26/h4-7,11,15,17-18,21H,8-10,12-14,16,19H2,1-3H3. The fourth-order valence-electron chi connectivity index (χ4n) is 4.61. The van der Waals surface area contributed by atoms with Crippen LogP contribution in [0.15, 0.2) is 62.4 Å². The van der Waals surface area contributed by atoms with Gasteiger partial charge < -0.3 is 18.8 Å². The third-order valence-electron chi connectivity index (χ3n) is 6.43. The molecule has 1 aliphatic rings. The number of nitrogens with zero attached hydrogens (tertiary/aromatic N) is 1. The number of rotatable bonds is 8. The van der Waals surface area contributed by atoms with E-state index in [1.165, 1.54) is 17.9 Å². The van der Waals surface area contributed by atoms with Gasteiger partial charge in [0.2, 0.25) is 0 Å². The number of piperidine rings is 1. The monoisotopic (exact) mass is 555 g/mol. The molecule has 1 aromatic heterocycles. The molecule has 1 saturated heterocycles. The number of benzene rings is 2. The van der Waals surface area contributed by atoms with Crippen LogP contribution in [-0.4, -0.2) is 42.7 Å². The second-order valence-corrected chi connectivity index (χ2v) is 11.3. The quantitative estimate of drug-likeness (QED) is 0.328. The fourth-order valence-corrected chi connectivity index (χ4v) is 4.98. The van der Waals surface area contributed by atoms with Crippen LogP contribution in [0.1, 0.15) is 44.7 Å². The number of ether oxygens (including phenoxy) is 2. The first-order chi connectivity index (χ1) is 17.2. The van der Waals surface area contributed by atoms with E-state index in [9.17, 15) is 9.59 Å². The molecule has 36 heavy (non-hydrogen) atoms. The van der Waals surface area contributed by atoms with E-state index in [1.807, 2.05) is 51.1 Å². The van der Waals surface area contributed by atoms with Crippen molar-refractivity contribution in [1.82, 2.24) is 4.90 Å². The van der Waals surface area contributed by atoms with Crippen LogP contribution in [0.5, 0.6) is 5.75 Å². The molecule has 192 valence electrons. The summed E-state index contributed by atoms with van der Waals surface area (Å²) in [6.07, 6.45) is 5.64. The van der Waals surface area contributed by atoms with Gasteiger partial charge in [0.15, 0.2) is 12.0 Å². The largest absolute Gasteiger partial charge is 0.481 e. The van der Waals surface area contributed by atoms with Gasteiger partial charge in [0.05, 0.1) is 16.1 Å². The van der Waals surface area contributed by atoms with Gasteiger partial charge in [-0.25, -0.2) is 4.79 Å². The summed E-state index contributed by atoms with van der Waals surface area (Å²) in [4.78, 5) is 26.6. The van der Waals surface area contributed by atoms with Crippen LogP contribution in [0.3, 0.4) is 0 Å². The van der Waals surface area contributed by atoms with E-state index in [2.05, 4.69) is 26.9 Å². The number of carbonyl (C=O) groups excluding carboxylic acids is 1. The van der Waals surface area contributed by atoms with Crippen molar-refractivity contribution in [2.45, 2.75) is 52.1 Å². The summed E-state index contributed by atoms with van der Waals surface area (Å²) in [5.41, 5.74) is 2.49. The average Bonchev–Trinajstić information content (AvgIpc) is 2.83. The summed E-state index contributed by atoms with van der Waals surface area (Å²) in [7, 11) is 0. The molecule has 1 aliphatic heterocycles. The van der Waals surface area contributed by atoms with E-state index < -0.39 is 5.60 Å². The third kappa shape index (κ3) is 7.43. The van der Waals surface area contributed by atoms with Gasteiger partial charge in [-0.2, -0.15) is 0 Å². The molecule has 0 amide bonds. The Hall–Kier alpha value is -2.64. The smallest absolute Gasteiger partial charge is 0.344 e. The van der Waals surface area contributed by atoms with Crippen LogP contribution in [0.4, 0.5) is 0 Å². The maximum absolute atomic E-state index is 12.1. The van der Waals surface area contributed by atoms with Crippen LogP contribution in [0, 0.1) is 5.92 Å². The van der Waals surface area contributed by atoms with Gasteiger partial charge in [0.25, 0.3) is 0 Å². The molecule has 0 radical (unpaired) electrons. The summed E-state index contributed by atoms with van der Waals surface area (Å²) in [6, 6.07) is 13.5. The van der Waals surface area contributed by atoms with E-state index in [1.54, 1.807) is 0 Å². The summed E-state index contributed by atoms with van der Waals surface area (Å²) < 4.78 is 17.3. The van der Waals surface area contributed by atoms with Gasteiger partial charge in [-0.15, -0.1) is 0 Å². The lowest BCUT2D eigenvalue weighted by atomic mass is 9.90. The zero-order chi connectivity index (χ0) is 25.7. The Labute approximate surface area is 220 Å². The number of likely N-dealkylation sites (tertiary alicyclic amines) is 1. The van der Waals surface area contributed by atoms with Gasteiger partial charge in [-0.1, -0.05) is 12.1 Å². The van der Waals surface area contributed by atoms with Crippen molar-refractivity contribution < 1.29 is 18.7 Å². The molecule has 0 aliphatic carbocycles. The van der Waals surface area contributed by atoms with Gasteiger partial charge in [-0.3, -0.25) is 4.79 Å². The van der Waals surface area contributed by atoms with Crippen LogP contribution >= 0.6 is 15.9 Å². The molecule has 4 rings (SSSR count). The lowest BCUT2D eigenvalue weighted by Gasteiger charge is -2.32. The highest BCUT2D eigenvalue weighted by atomic mass is 79.9. The van der Waals surface area contributed by atoms with Crippen molar-refractivity contribution in [3.8, 4) is 5.75 Å². The number of halogens is 1. The zero-order valence-electron chi connectivity index (χ0n) is 21.2. The maximum atomic E-state index is 12.1. The molecule has 0 bridgehead atoms. The minimum absolute atomic E-state index is 0.00486. The minimum atomic E-state index is -0.527. The van der Waals surface area contributed by atoms with Crippen LogP contribution in [-0.2, 0) is 22.4 Å². The molecule has 0 saturated carbocycles. The summed E-state index contributed by atoms with van der Waals surface area (Å²) in [5.74, 6) is 0.908. The normalized spacial score (nSPS) is 15.2. The SMILES string of the molecule is CC(C)(C)OC(=O)COc1cc(CC2CCN(CCc3ccc4occc(=O)c4c3)CC2)ccc1Br. The highest BCUT2D eigenvalue weighted by molar-refractivity contribution is 9.10. The molecule has 3 aromatic rings. The molecule has 2 aromatic carbocycles. The van der Waals surface area contributed by atoms with E-state index in [0.29, 0.717) is 22.6 Å². The number of carbonyl (C=O) groups is 1. The lowest BCUT2D eigenvalue weighted by molar-refractivity contribution is -0.157. The van der Waals surface area contributed by atoms with Crippen molar-refractivity contribution in [1.29, 1.82) is 0 Å². The molecule has 1 fully saturated rings. The zero-order valence-corrected chi connectivity index (χ0v) is 22.8. The first-order valence-corrected chi connectivity index (χ1v) is 13.3. The van der Waals surface area contributed by atoms with Gasteiger partial charge >= 0.3 is 5.97 Å². The second kappa shape index (κ2) is 11.6. The van der Waals surface area contributed by atoms with Crippen LogP contribution in [0.2, 0.25) is 0 Å². The number of hydrogen-bond acceptors (Lipinski definition) is 6. The predicted molar refractivity (Wildman–Crippen MR) is 145 cm³/mol. The van der Waals surface area contributed by atoms with Crippen molar-refractivity contribution in [2.75, 3.05) is 26.2 Å². The van der Waals surface area contributed by atoms with Crippen molar-refractivity contribution >= 4 is 32.9 Å². The molecule has 0 atom stereocenters. The predicted octanol–water partition coefficient (Wildman–Crippen LogP) is 5.77. The Morgan fingerprint density at radius 2 is 1.83 bits per heavy atom. The molecule has 2 heterocycles. The van der Waals surface area contributed by atoms with E-state index >= 15 is 0 Å². The Bertz CT molecular complexity index is 1250. The Kier molecular flexibility index (Phi) is 8.52. The molecular weight excluding hydrogens is 522 g/mol. The number of hydrogen-bond donors (Lipinski definition) is 0. The van der Waals surface area contributed by atoms with E-state index in [4.69, 9.17) is 13.9 Å². The van der Waals surface area contributed by atoms with Crippen LogP contribution < -0.4 is 10.2 Å². The van der Waals surface area contributed by atoms with Crippen LogP contribution in [0.25, 0.3) is 11.0 Å². The third-order valence-corrected chi connectivity index (χ3v) is 7.09. The van der Waals surface area contributed by atoms with Crippen molar-refractivity contribution in [2.24, 2.45) is 5.92 Å². The number of fused-ring (bicyclic) bond motifs is 1. The molecule has 0 N–H and O–H groups in total. The van der Waals surface area contributed by atoms with E-state index in [-0.39, 0.29) is 18.0 Å². The first-order valence-electron chi connectivity index (χ1n) is 12.5. The molecule has 6 nitrogen and oxygen atoms in total. The van der Waals surface area contributed by atoms with Gasteiger partial charge in [0.1, 0.15) is 16.9 Å². The van der Waals surface area contributed by atoms with Crippen molar-refractivity contribution in [3.63, 3.8) is 0 Å². The van der Waals surface area contributed by atoms with Crippen molar-refractivity contribution in [3.05, 3.63) is 74.6 Å². The summed E-state index contributed by atoms with van der Waals surface area (Å²) >= 11 is 3.52. The molecule has 0 spiro atoms. The molecule has 7 heteroatoms. The van der Waals surface area contributed by atoms with E-state index in [0.717, 1.165) is 55.4 Å². The fraction of sp³-hybridized carbons (Fsp3) is 0.448. The second-order valence-electron chi connectivity index (χ2n) is 10.5. The highest BCUT2D eigenvalue weighted by Gasteiger charge is 2.21. The Morgan fingerprint density at radius 3 is 2.58 bits per heavy atom. The average molecular weight is 556 g/mol. The first kappa shape index (κ1) is 26.4. The Balaban J connectivity index is 1.25. The van der Waals surface area contributed by atoms with Gasteiger partial charge in [-0.05, 0) is 117 Å². The summed E-state index contributed by atoms with van der Waals surface area (Å²) in [6.45, 7) is 8.54. The highest BCUT2D eigenvalue weighted by Crippen LogP contribution is 2.29. The molecule has 0 unspecified atom stereocenters. The maximum Gasteiger partial charge on any atom is 0.344 e.